The quantitative estimate of drug-likeness (QED) is 0.724. The summed E-state index contributed by atoms with van der Waals surface area (Å²) >= 11 is 0. The topological polar surface area (TPSA) is 79.2 Å². The number of para-hydroxylation sites is 1. The van der Waals surface area contributed by atoms with E-state index in [4.69, 9.17) is 0 Å². The maximum absolute atomic E-state index is 11.9. The van der Waals surface area contributed by atoms with E-state index in [1.165, 1.54) is 0 Å². The molecule has 7 heteroatoms. The van der Waals surface area contributed by atoms with Crippen LogP contribution < -0.4 is 10.6 Å². The van der Waals surface area contributed by atoms with Gasteiger partial charge in [0, 0.05) is 38.2 Å². The molecule has 2 atom stereocenters. The van der Waals surface area contributed by atoms with Crippen LogP contribution in [0.2, 0.25) is 0 Å². The summed E-state index contributed by atoms with van der Waals surface area (Å²) < 4.78 is 1.81. The van der Waals surface area contributed by atoms with Gasteiger partial charge in [-0.3, -0.25) is 4.79 Å². The molecule has 130 valence electrons. The van der Waals surface area contributed by atoms with Crippen molar-refractivity contribution in [3.8, 4) is 5.69 Å². The van der Waals surface area contributed by atoms with Crippen LogP contribution in [-0.4, -0.2) is 46.5 Å². The molecule has 3 N–H and O–H groups in total. The van der Waals surface area contributed by atoms with Gasteiger partial charge in [0.05, 0.1) is 18.0 Å². The fourth-order valence-corrected chi connectivity index (χ4v) is 2.73. The molecule has 1 aromatic carbocycles. The van der Waals surface area contributed by atoms with Crippen molar-refractivity contribution < 1.29 is 9.90 Å². The average molecular weight is 351 g/mol. The van der Waals surface area contributed by atoms with Crippen LogP contribution in [0, 0.1) is 5.92 Å². The van der Waals surface area contributed by atoms with Crippen molar-refractivity contribution >= 4 is 18.3 Å². The number of amides is 1. The van der Waals surface area contributed by atoms with Gasteiger partial charge in [0.1, 0.15) is 0 Å². The maximum Gasteiger partial charge on any atom is 0.220 e. The van der Waals surface area contributed by atoms with Crippen molar-refractivity contribution in [1.29, 1.82) is 0 Å². The molecule has 0 spiro atoms. The number of aromatic nitrogens is 2. The summed E-state index contributed by atoms with van der Waals surface area (Å²) in [6, 6.07) is 9.89. The number of rotatable bonds is 6. The van der Waals surface area contributed by atoms with Crippen molar-refractivity contribution in [3.63, 3.8) is 0 Å². The molecule has 24 heavy (non-hydrogen) atoms. The summed E-state index contributed by atoms with van der Waals surface area (Å²) in [6.07, 6.45) is 4.47. The van der Waals surface area contributed by atoms with Gasteiger partial charge in [0.25, 0.3) is 0 Å². The SMILES string of the molecule is Cl.O=C(CCc1cnn(-c2ccccc2)c1)NCC1CNCC1O. The van der Waals surface area contributed by atoms with Gasteiger partial charge in [-0.2, -0.15) is 5.10 Å². The molecule has 1 amide bonds. The fourth-order valence-electron chi connectivity index (χ4n) is 2.73. The Bertz CT molecular complexity index is 647. The minimum Gasteiger partial charge on any atom is -0.391 e. The molecule has 1 saturated heterocycles. The van der Waals surface area contributed by atoms with Crippen LogP contribution in [0.25, 0.3) is 5.69 Å². The Labute approximate surface area is 147 Å². The van der Waals surface area contributed by atoms with Gasteiger partial charge in [0.15, 0.2) is 0 Å². The number of carbonyl (C=O) groups is 1. The molecule has 0 aliphatic carbocycles. The molecule has 0 radical (unpaired) electrons. The first kappa shape index (κ1) is 18.4. The first-order valence-electron chi connectivity index (χ1n) is 7.97. The third kappa shape index (κ3) is 4.80. The number of aliphatic hydroxyl groups excluding tert-OH is 1. The van der Waals surface area contributed by atoms with Gasteiger partial charge in [-0.25, -0.2) is 4.68 Å². The molecular weight excluding hydrogens is 328 g/mol. The zero-order valence-electron chi connectivity index (χ0n) is 13.4. The zero-order valence-corrected chi connectivity index (χ0v) is 14.2. The van der Waals surface area contributed by atoms with Gasteiger partial charge in [-0.05, 0) is 24.1 Å². The third-order valence-electron chi connectivity index (χ3n) is 4.16. The van der Waals surface area contributed by atoms with Crippen molar-refractivity contribution in [1.82, 2.24) is 20.4 Å². The highest BCUT2D eigenvalue weighted by Crippen LogP contribution is 2.10. The minimum absolute atomic E-state index is 0. The molecule has 1 aliphatic heterocycles. The van der Waals surface area contributed by atoms with E-state index in [0.717, 1.165) is 17.8 Å². The van der Waals surface area contributed by atoms with E-state index < -0.39 is 0 Å². The fraction of sp³-hybridized carbons (Fsp3) is 0.412. The lowest BCUT2D eigenvalue weighted by atomic mass is 10.1. The summed E-state index contributed by atoms with van der Waals surface area (Å²) in [7, 11) is 0. The Morgan fingerprint density at radius 3 is 2.83 bits per heavy atom. The molecule has 1 fully saturated rings. The molecule has 2 unspecified atom stereocenters. The largest absolute Gasteiger partial charge is 0.391 e. The van der Waals surface area contributed by atoms with Crippen LogP contribution >= 0.6 is 12.4 Å². The van der Waals surface area contributed by atoms with Crippen LogP contribution in [-0.2, 0) is 11.2 Å². The van der Waals surface area contributed by atoms with Crippen LogP contribution in [0.15, 0.2) is 42.7 Å². The van der Waals surface area contributed by atoms with Crippen molar-refractivity contribution in [2.45, 2.75) is 18.9 Å². The smallest absolute Gasteiger partial charge is 0.220 e. The van der Waals surface area contributed by atoms with E-state index in [1.54, 1.807) is 6.20 Å². The number of β-amino-alcohol motifs (C(OH)–C–C–N with tert-alkyl or cyclic N) is 1. The maximum atomic E-state index is 11.9. The lowest BCUT2D eigenvalue weighted by Crippen LogP contribution is -2.34. The molecule has 2 heterocycles. The number of hydrogen-bond donors (Lipinski definition) is 3. The lowest BCUT2D eigenvalue weighted by Gasteiger charge is -2.13. The number of nitrogens with one attached hydrogen (secondary N) is 2. The summed E-state index contributed by atoms with van der Waals surface area (Å²) in [6.45, 7) is 1.89. The number of halogens is 1. The predicted molar refractivity (Wildman–Crippen MR) is 94.5 cm³/mol. The van der Waals surface area contributed by atoms with Crippen LogP contribution in [0.3, 0.4) is 0 Å². The van der Waals surface area contributed by atoms with E-state index in [-0.39, 0.29) is 30.3 Å². The first-order valence-corrected chi connectivity index (χ1v) is 7.97. The molecule has 1 aromatic heterocycles. The van der Waals surface area contributed by atoms with Gasteiger partial charge in [-0.1, -0.05) is 18.2 Å². The molecule has 6 nitrogen and oxygen atoms in total. The highest BCUT2D eigenvalue weighted by Gasteiger charge is 2.24. The number of carbonyl (C=O) groups excluding carboxylic acids is 1. The lowest BCUT2D eigenvalue weighted by molar-refractivity contribution is -0.121. The van der Waals surface area contributed by atoms with E-state index in [2.05, 4.69) is 15.7 Å². The zero-order chi connectivity index (χ0) is 16.1. The Morgan fingerprint density at radius 1 is 1.33 bits per heavy atom. The Hall–Kier alpha value is -1.89. The predicted octanol–water partition coefficient (Wildman–Crippen LogP) is 0.923. The second-order valence-corrected chi connectivity index (χ2v) is 5.92. The van der Waals surface area contributed by atoms with Crippen LogP contribution in [0.4, 0.5) is 0 Å². The number of aliphatic hydroxyl groups is 1. The molecule has 0 saturated carbocycles. The molecule has 0 bridgehead atoms. The van der Waals surface area contributed by atoms with Crippen molar-refractivity contribution in [2.24, 2.45) is 5.92 Å². The summed E-state index contributed by atoms with van der Waals surface area (Å²) in [5.41, 5.74) is 2.04. The monoisotopic (exact) mass is 350 g/mol. The van der Waals surface area contributed by atoms with Gasteiger partial charge in [0.2, 0.25) is 5.91 Å². The molecule has 3 rings (SSSR count). The van der Waals surface area contributed by atoms with E-state index in [9.17, 15) is 9.90 Å². The highest BCUT2D eigenvalue weighted by molar-refractivity contribution is 5.85. The standard InChI is InChI=1S/C17H22N4O2.ClH/c22-16-11-18-9-14(16)10-19-17(23)7-6-13-8-20-21(12-13)15-4-2-1-3-5-15;/h1-5,8,12,14,16,18,22H,6-7,9-11H2,(H,19,23);1H. The molecule has 1 aliphatic rings. The van der Waals surface area contributed by atoms with Crippen molar-refractivity contribution in [2.75, 3.05) is 19.6 Å². The van der Waals surface area contributed by atoms with Gasteiger partial charge in [-0.15, -0.1) is 12.4 Å². The minimum atomic E-state index is -0.362. The Kier molecular flexibility index (Phi) is 6.78. The number of hydrogen-bond acceptors (Lipinski definition) is 4. The average Bonchev–Trinajstić information content (AvgIpc) is 3.21. The highest BCUT2D eigenvalue weighted by atomic mass is 35.5. The second kappa shape index (κ2) is 8.82. The van der Waals surface area contributed by atoms with E-state index >= 15 is 0 Å². The van der Waals surface area contributed by atoms with E-state index in [0.29, 0.717) is 25.9 Å². The van der Waals surface area contributed by atoms with Crippen LogP contribution in [0.1, 0.15) is 12.0 Å². The van der Waals surface area contributed by atoms with Crippen LogP contribution in [0.5, 0.6) is 0 Å². The Balaban J connectivity index is 0.00000208. The Morgan fingerprint density at radius 2 is 2.12 bits per heavy atom. The summed E-state index contributed by atoms with van der Waals surface area (Å²) in [5.74, 6) is 0.122. The first-order chi connectivity index (χ1) is 11.2. The summed E-state index contributed by atoms with van der Waals surface area (Å²) in [4.78, 5) is 11.9. The van der Waals surface area contributed by atoms with E-state index in [1.807, 2.05) is 41.2 Å². The number of aryl methyl sites for hydroxylation is 1. The number of nitrogens with zero attached hydrogens (tertiary/aromatic N) is 2. The van der Waals surface area contributed by atoms with Gasteiger partial charge < -0.3 is 15.7 Å². The third-order valence-corrected chi connectivity index (χ3v) is 4.16. The molecular formula is C17H23ClN4O2. The van der Waals surface area contributed by atoms with Gasteiger partial charge >= 0.3 is 0 Å². The molecule has 2 aromatic rings. The van der Waals surface area contributed by atoms with Crippen molar-refractivity contribution in [3.05, 3.63) is 48.3 Å². The summed E-state index contributed by atoms with van der Waals surface area (Å²) in [5, 5.41) is 20.0. The second-order valence-electron chi connectivity index (χ2n) is 5.92. The normalized spacial score (nSPS) is 19.7. The number of benzene rings is 1.